The first-order valence-electron chi connectivity index (χ1n) is 5.48. The maximum atomic E-state index is 11.8. The Kier molecular flexibility index (Phi) is 5.31. The topological polar surface area (TPSA) is 77.2 Å². The maximum Gasteiger partial charge on any atom is 0.153 e. The summed E-state index contributed by atoms with van der Waals surface area (Å²) in [5, 5.41) is 0.560. The van der Waals surface area contributed by atoms with E-state index in [-0.39, 0.29) is 24.4 Å². The maximum absolute atomic E-state index is 11.8. The molecule has 1 aromatic rings. The van der Waals surface area contributed by atoms with Gasteiger partial charge < -0.3 is 5.73 Å². The van der Waals surface area contributed by atoms with Gasteiger partial charge in [-0.15, -0.1) is 0 Å². The van der Waals surface area contributed by atoms with Crippen molar-refractivity contribution < 1.29 is 13.2 Å². The molecule has 6 heteroatoms. The number of nitrogens with two attached hydrogens (primary N) is 1. The molecule has 100 valence electrons. The van der Waals surface area contributed by atoms with Crippen molar-refractivity contribution in [2.45, 2.75) is 18.9 Å². The number of halogens is 1. The van der Waals surface area contributed by atoms with E-state index in [0.717, 1.165) is 11.8 Å². The number of ketones is 1. The molecule has 0 spiro atoms. The normalized spacial score (nSPS) is 13.3. The van der Waals surface area contributed by atoms with Gasteiger partial charge in [-0.3, -0.25) is 4.79 Å². The van der Waals surface area contributed by atoms with Crippen LogP contribution in [0.15, 0.2) is 24.3 Å². The highest BCUT2D eigenvalue weighted by atomic mass is 35.5. The summed E-state index contributed by atoms with van der Waals surface area (Å²) in [7, 11) is -3.09. The van der Waals surface area contributed by atoms with Crippen LogP contribution in [0.25, 0.3) is 0 Å². The zero-order valence-electron chi connectivity index (χ0n) is 10.1. The molecule has 0 saturated carbocycles. The Labute approximate surface area is 112 Å². The van der Waals surface area contributed by atoms with Crippen molar-refractivity contribution in [3.63, 3.8) is 0 Å². The molecule has 4 nitrogen and oxygen atoms in total. The summed E-state index contributed by atoms with van der Waals surface area (Å²) >= 11 is 5.81. The molecular formula is C12H16ClNO3S. The van der Waals surface area contributed by atoms with E-state index in [2.05, 4.69) is 0 Å². The first-order valence-corrected chi connectivity index (χ1v) is 7.92. The first-order chi connectivity index (χ1) is 8.28. The van der Waals surface area contributed by atoms with Crippen LogP contribution < -0.4 is 5.73 Å². The molecule has 0 radical (unpaired) electrons. The molecule has 0 aliphatic rings. The SMILES string of the molecule is CS(=O)(=O)CCC(N)C(=O)Cc1cccc(Cl)c1. The van der Waals surface area contributed by atoms with E-state index in [1.54, 1.807) is 24.3 Å². The second-order valence-electron chi connectivity index (χ2n) is 4.30. The lowest BCUT2D eigenvalue weighted by atomic mass is 10.0. The van der Waals surface area contributed by atoms with Gasteiger partial charge in [0.1, 0.15) is 9.84 Å². The van der Waals surface area contributed by atoms with Crippen LogP contribution in [0.2, 0.25) is 5.02 Å². The molecule has 1 rings (SSSR count). The summed E-state index contributed by atoms with van der Waals surface area (Å²) in [6.45, 7) is 0. The molecule has 0 aliphatic heterocycles. The fourth-order valence-electron chi connectivity index (χ4n) is 1.48. The lowest BCUT2D eigenvalue weighted by Gasteiger charge is -2.10. The number of carbonyl (C=O) groups is 1. The van der Waals surface area contributed by atoms with Crippen molar-refractivity contribution in [2.24, 2.45) is 5.73 Å². The van der Waals surface area contributed by atoms with Crippen molar-refractivity contribution in [2.75, 3.05) is 12.0 Å². The summed E-state index contributed by atoms with van der Waals surface area (Å²) in [4.78, 5) is 11.8. The monoisotopic (exact) mass is 289 g/mol. The summed E-state index contributed by atoms with van der Waals surface area (Å²) < 4.78 is 22.0. The van der Waals surface area contributed by atoms with Crippen molar-refractivity contribution in [1.29, 1.82) is 0 Å². The number of hydrogen-bond acceptors (Lipinski definition) is 4. The van der Waals surface area contributed by atoms with Crippen molar-refractivity contribution in [3.05, 3.63) is 34.9 Å². The molecule has 1 atom stereocenters. The number of Topliss-reactive ketones (excluding diaryl/α,β-unsaturated/α-hetero) is 1. The predicted molar refractivity (Wildman–Crippen MR) is 72.5 cm³/mol. The standard InChI is InChI=1S/C12H16ClNO3S/c1-18(16,17)6-5-11(14)12(15)8-9-3-2-4-10(13)7-9/h2-4,7,11H,5-6,8,14H2,1H3. The van der Waals surface area contributed by atoms with Gasteiger partial charge >= 0.3 is 0 Å². The Balaban J connectivity index is 2.55. The van der Waals surface area contributed by atoms with Crippen LogP contribution in [0.4, 0.5) is 0 Å². The summed E-state index contributed by atoms with van der Waals surface area (Å²) in [5.41, 5.74) is 6.44. The molecule has 18 heavy (non-hydrogen) atoms. The molecule has 0 aromatic heterocycles. The minimum atomic E-state index is -3.09. The van der Waals surface area contributed by atoms with Gasteiger partial charge in [-0.1, -0.05) is 23.7 Å². The van der Waals surface area contributed by atoms with Crippen LogP contribution in [0.1, 0.15) is 12.0 Å². The van der Waals surface area contributed by atoms with Crippen molar-refractivity contribution in [3.8, 4) is 0 Å². The minimum absolute atomic E-state index is 0.0740. The largest absolute Gasteiger partial charge is 0.321 e. The average molecular weight is 290 g/mol. The average Bonchev–Trinajstić information content (AvgIpc) is 2.24. The van der Waals surface area contributed by atoms with Crippen molar-refractivity contribution >= 4 is 27.2 Å². The third-order valence-corrected chi connectivity index (χ3v) is 3.69. The van der Waals surface area contributed by atoms with Gasteiger partial charge in [0, 0.05) is 17.7 Å². The molecule has 0 bridgehead atoms. The van der Waals surface area contributed by atoms with E-state index >= 15 is 0 Å². The smallest absolute Gasteiger partial charge is 0.153 e. The zero-order valence-corrected chi connectivity index (χ0v) is 11.7. The molecular weight excluding hydrogens is 274 g/mol. The highest BCUT2D eigenvalue weighted by Crippen LogP contribution is 2.12. The molecule has 0 saturated heterocycles. The number of hydrogen-bond donors (Lipinski definition) is 1. The highest BCUT2D eigenvalue weighted by Gasteiger charge is 2.16. The van der Waals surface area contributed by atoms with Gasteiger partial charge in [-0.2, -0.15) is 0 Å². The van der Waals surface area contributed by atoms with Crippen LogP contribution in [0, 0.1) is 0 Å². The minimum Gasteiger partial charge on any atom is -0.321 e. The quantitative estimate of drug-likeness (QED) is 0.854. The van der Waals surface area contributed by atoms with Gasteiger partial charge in [-0.25, -0.2) is 8.42 Å². The van der Waals surface area contributed by atoms with E-state index in [0.29, 0.717) is 5.02 Å². The van der Waals surface area contributed by atoms with Gasteiger partial charge in [-0.05, 0) is 24.1 Å². The van der Waals surface area contributed by atoms with Gasteiger partial charge in [0.15, 0.2) is 5.78 Å². The van der Waals surface area contributed by atoms with E-state index < -0.39 is 15.9 Å². The molecule has 0 aliphatic carbocycles. The first kappa shape index (κ1) is 15.1. The van der Waals surface area contributed by atoms with Crippen LogP contribution in [-0.2, 0) is 21.1 Å². The molecule has 2 N–H and O–H groups in total. The van der Waals surface area contributed by atoms with Gasteiger partial charge in [0.2, 0.25) is 0 Å². The lowest BCUT2D eigenvalue weighted by molar-refractivity contribution is -0.119. The second kappa shape index (κ2) is 6.31. The predicted octanol–water partition coefficient (Wildman–Crippen LogP) is 1.21. The highest BCUT2D eigenvalue weighted by molar-refractivity contribution is 7.90. The van der Waals surface area contributed by atoms with Crippen LogP contribution >= 0.6 is 11.6 Å². The number of carbonyl (C=O) groups excluding carboxylic acids is 1. The van der Waals surface area contributed by atoms with Gasteiger partial charge in [0.25, 0.3) is 0 Å². The summed E-state index contributed by atoms with van der Waals surface area (Å²) in [6, 6.07) is 6.21. The Morgan fingerprint density at radius 1 is 1.44 bits per heavy atom. The summed E-state index contributed by atoms with van der Waals surface area (Å²) in [6.07, 6.45) is 1.45. The van der Waals surface area contributed by atoms with E-state index in [9.17, 15) is 13.2 Å². The number of benzene rings is 1. The molecule has 0 fully saturated rings. The Bertz CT molecular complexity index is 528. The van der Waals surface area contributed by atoms with Crippen LogP contribution in [0.3, 0.4) is 0 Å². The molecule has 1 unspecified atom stereocenters. The molecule has 1 aromatic carbocycles. The molecule has 0 heterocycles. The number of sulfone groups is 1. The zero-order chi connectivity index (χ0) is 13.8. The van der Waals surface area contributed by atoms with Crippen molar-refractivity contribution in [1.82, 2.24) is 0 Å². The Hall–Kier alpha value is -0.910. The third kappa shape index (κ3) is 5.62. The van der Waals surface area contributed by atoms with Crippen LogP contribution in [-0.4, -0.2) is 32.3 Å². The second-order valence-corrected chi connectivity index (χ2v) is 6.99. The fourth-order valence-corrected chi connectivity index (χ4v) is 2.38. The number of rotatable bonds is 6. The van der Waals surface area contributed by atoms with Gasteiger partial charge in [0.05, 0.1) is 11.8 Å². The Morgan fingerprint density at radius 2 is 2.11 bits per heavy atom. The Morgan fingerprint density at radius 3 is 2.67 bits per heavy atom. The van der Waals surface area contributed by atoms with E-state index in [1.807, 2.05) is 0 Å². The van der Waals surface area contributed by atoms with E-state index in [4.69, 9.17) is 17.3 Å². The third-order valence-electron chi connectivity index (χ3n) is 2.48. The van der Waals surface area contributed by atoms with Crippen LogP contribution in [0.5, 0.6) is 0 Å². The van der Waals surface area contributed by atoms with E-state index in [1.165, 1.54) is 0 Å². The molecule has 0 amide bonds. The lowest BCUT2D eigenvalue weighted by Crippen LogP contribution is -2.33. The fraction of sp³-hybridized carbons (Fsp3) is 0.417. The summed E-state index contributed by atoms with van der Waals surface area (Å²) in [5.74, 6) is -0.254.